The van der Waals surface area contributed by atoms with Gasteiger partial charge in [0.15, 0.2) is 0 Å². The number of rotatable bonds is 1. The van der Waals surface area contributed by atoms with Crippen molar-refractivity contribution in [1.29, 1.82) is 0 Å². The Bertz CT molecular complexity index is 424. The SMILES string of the molecule is Cc1cc(C#CCCS)cc(C(F)(F)F)c1. The number of hydrogen-bond donors (Lipinski definition) is 1. The van der Waals surface area contributed by atoms with Crippen LogP contribution in [0.1, 0.15) is 23.1 Å². The predicted octanol–water partition coefficient (Wildman–Crippen LogP) is 3.69. The van der Waals surface area contributed by atoms with Gasteiger partial charge in [0, 0.05) is 17.7 Å². The molecule has 0 spiro atoms. The molecule has 0 unspecified atom stereocenters. The van der Waals surface area contributed by atoms with Crippen molar-refractivity contribution in [3.8, 4) is 11.8 Å². The van der Waals surface area contributed by atoms with Crippen LogP contribution in [0.5, 0.6) is 0 Å². The lowest BCUT2D eigenvalue weighted by Crippen LogP contribution is -2.05. The molecule has 0 aliphatic carbocycles. The molecule has 0 saturated heterocycles. The summed E-state index contributed by atoms with van der Waals surface area (Å²) in [6.45, 7) is 1.62. The van der Waals surface area contributed by atoms with E-state index in [2.05, 4.69) is 24.5 Å². The van der Waals surface area contributed by atoms with E-state index in [4.69, 9.17) is 0 Å². The molecule has 1 aromatic rings. The smallest absolute Gasteiger partial charge is 0.178 e. The normalized spacial score (nSPS) is 10.8. The van der Waals surface area contributed by atoms with E-state index < -0.39 is 11.7 Å². The van der Waals surface area contributed by atoms with Crippen molar-refractivity contribution in [3.05, 3.63) is 34.9 Å². The molecule has 1 rings (SSSR count). The van der Waals surface area contributed by atoms with Crippen molar-refractivity contribution in [2.75, 3.05) is 5.75 Å². The van der Waals surface area contributed by atoms with Gasteiger partial charge in [-0.1, -0.05) is 11.8 Å². The van der Waals surface area contributed by atoms with Gasteiger partial charge in [0.25, 0.3) is 0 Å². The van der Waals surface area contributed by atoms with Gasteiger partial charge in [-0.3, -0.25) is 0 Å². The number of alkyl halides is 3. The van der Waals surface area contributed by atoms with Crippen LogP contribution in [-0.4, -0.2) is 5.75 Å². The second-order valence-electron chi connectivity index (χ2n) is 3.36. The number of halogens is 3. The highest BCUT2D eigenvalue weighted by Gasteiger charge is 2.30. The summed E-state index contributed by atoms with van der Waals surface area (Å²) in [4.78, 5) is 0. The third-order valence-electron chi connectivity index (χ3n) is 1.87. The topological polar surface area (TPSA) is 0 Å². The van der Waals surface area contributed by atoms with Crippen molar-refractivity contribution in [3.63, 3.8) is 0 Å². The summed E-state index contributed by atoms with van der Waals surface area (Å²) < 4.78 is 37.4. The lowest BCUT2D eigenvalue weighted by Gasteiger charge is -2.07. The van der Waals surface area contributed by atoms with E-state index in [1.807, 2.05) is 0 Å². The van der Waals surface area contributed by atoms with Gasteiger partial charge in [-0.2, -0.15) is 25.8 Å². The van der Waals surface area contributed by atoms with Gasteiger partial charge < -0.3 is 0 Å². The van der Waals surface area contributed by atoms with Crippen LogP contribution < -0.4 is 0 Å². The molecular weight excluding hydrogens is 233 g/mol. The van der Waals surface area contributed by atoms with E-state index >= 15 is 0 Å². The number of aryl methyl sites for hydroxylation is 1. The van der Waals surface area contributed by atoms with Crippen LogP contribution in [0.15, 0.2) is 18.2 Å². The molecule has 0 aliphatic rings. The average Bonchev–Trinajstić information content (AvgIpc) is 2.16. The summed E-state index contributed by atoms with van der Waals surface area (Å²) in [5.74, 6) is 6.07. The molecule has 0 nitrogen and oxygen atoms in total. The van der Waals surface area contributed by atoms with E-state index in [1.54, 1.807) is 13.0 Å². The Labute approximate surface area is 98.3 Å². The highest BCUT2D eigenvalue weighted by molar-refractivity contribution is 7.80. The maximum absolute atomic E-state index is 12.5. The van der Waals surface area contributed by atoms with Crippen LogP contribution in [0, 0.1) is 18.8 Å². The van der Waals surface area contributed by atoms with Crippen molar-refractivity contribution in [1.82, 2.24) is 0 Å². The fraction of sp³-hybridized carbons (Fsp3) is 0.333. The third-order valence-corrected chi connectivity index (χ3v) is 2.10. The minimum atomic E-state index is -4.31. The molecule has 0 heterocycles. The van der Waals surface area contributed by atoms with Gasteiger partial charge in [0.2, 0.25) is 0 Å². The molecule has 0 fully saturated rings. The van der Waals surface area contributed by atoms with Crippen molar-refractivity contribution in [2.24, 2.45) is 0 Å². The van der Waals surface area contributed by atoms with Gasteiger partial charge in [-0.25, -0.2) is 0 Å². The molecular formula is C12H11F3S. The molecule has 1 aromatic carbocycles. The molecule has 0 atom stereocenters. The Morgan fingerprint density at radius 3 is 2.50 bits per heavy atom. The summed E-state index contributed by atoms with van der Waals surface area (Å²) in [6, 6.07) is 3.82. The van der Waals surface area contributed by atoms with Crippen LogP contribution in [-0.2, 0) is 6.18 Å². The lowest BCUT2D eigenvalue weighted by molar-refractivity contribution is -0.137. The summed E-state index contributed by atoms with van der Waals surface area (Å²) in [6.07, 6.45) is -3.75. The summed E-state index contributed by atoms with van der Waals surface area (Å²) in [7, 11) is 0. The molecule has 4 heteroatoms. The molecule has 16 heavy (non-hydrogen) atoms. The second kappa shape index (κ2) is 5.31. The molecule has 86 valence electrons. The fourth-order valence-corrected chi connectivity index (χ4v) is 1.35. The first-order valence-electron chi connectivity index (χ1n) is 4.72. The van der Waals surface area contributed by atoms with E-state index in [1.165, 1.54) is 0 Å². The van der Waals surface area contributed by atoms with Crippen molar-refractivity contribution >= 4 is 12.6 Å². The molecule has 0 bridgehead atoms. The molecule has 0 radical (unpaired) electrons. The Morgan fingerprint density at radius 1 is 1.25 bits per heavy atom. The summed E-state index contributed by atoms with van der Waals surface area (Å²) in [5, 5.41) is 0. The number of benzene rings is 1. The van der Waals surface area contributed by atoms with E-state index in [0.29, 0.717) is 23.3 Å². The Hall–Kier alpha value is -1.08. The van der Waals surface area contributed by atoms with E-state index in [0.717, 1.165) is 12.1 Å². The zero-order chi connectivity index (χ0) is 12.2. The van der Waals surface area contributed by atoms with Crippen LogP contribution in [0.4, 0.5) is 13.2 Å². The first kappa shape index (κ1) is 13.0. The van der Waals surface area contributed by atoms with Crippen LogP contribution in [0.2, 0.25) is 0 Å². The summed E-state index contributed by atoms with van der Waals surface area (Å²) in [5.41, 5.74) is 0.307. The number of hydrogen-bond acceptors (Lipinski definition) is 1. The molecule has 0 aromatic heterocycles. The highest BCUT2D eigenvalue weighted by atomic mass is 32.1. The van der Waals surface area contributed by atoms with Gasteiger partial charge in [0.05, 0.1) is 5.56 Å². The average molecular weight is 244 g/mol. The molecule has 0 N–H and O–H groups in total. The maximum Gasteiger partial charge on any atom is 0.416 e. The fourth-order valence-electron chi connectivity index (χ4n) is 1.24. The maximum atomic E-state index is 12.5. The standard InChI is InChI=1S/C12H11F3S/c1-9-6-10(4-2-3-5-16)8-11(7-9)12(13,14)15/h6-8,16H,3,5H2,1H3. The zero-order valence-corrected chi connectivity index (χ0v) is 9.62. The van der Waals surface area contributed by atoms with Crippen molar-refractivity contribution < 1.29 is 13.2 Å². The first-order valence-corrected chi connectivity index (χ1v) is 5.35. The predicted molar refractivity (Wildman–Crippen MR) is 61.5 cm³/mol. The molecule has 0 saturated carbocycles. The Kier molecular flexibility index (Phi) is 4.31. The quantitative estimate of drug-likeness (QED) is 0.565. The van der Waals surface area contributed by atoms with Crippen LogP contribution >= 0.6 is 12.6 Å². The monoisotopic (exact) mass is 244 g/mol. The minimum Gasteiger partial charge on any atom is -0.178 e. The van der Waals surface area contributed by atoms with Crippen LogP contribution in [0.3, 0.4) is 0 Å². The first-order chi connectivity index (χ1) is 7.43. The number of thiol groups is 1. The van der Waals surface area contributed by atoms with Crippen molar-refractivity contribution in [2.45, 2.75) is 19.5 Å². The van der Waals surface area contributed by atoms with E-state index in [-0.39, 0.29) is 0 Å². The Morgan fingerprint density at radius 2 is 1.94 bits per heavy atom. The molecule has 0 aliphatic heterocycles. The Balaban J connectivity index is 3.05. The van der Waals surface area contributed by atoms with E-state index in [9.17, 15) is 13.2 Å². The lowest BCUT2D eigenvalue weighted by atomic mass is 10.1. The minimum absolute atomic E-state index is 0.397. The van der Waals surface area contributed by atoms with Gasteiger partial charge in [0.1, 0.15) is 0 Å². The zero-order valence-electron chi connectivity index (χ0n) is 8.73. The molecule has 0 amide bonds. The van der Waals surface area contributed by atoms with Gasteiger partial charge in [-0.15, -0.1) is 0 Å². The highest BCUT2D eigenvalue weighted by Crippen LogP contribution is 2.30. The third kappa shape index (κ3) is 3.82. The van der Waals surface area contributed by atoms with Gasteiger partial charge in [-0.05, 0) is 30.7 Å². The summed E-state index contributed by atoms with van der Waals surface area (Å²) >= 11 is 3.97. The van der Waals surface area contributed by atoms with Crippen LogP contribution in [0.25, 0.3) is 0 Å². The largest absolute Gasteiger partial charge is 0.416 e. The second-order valence-corrected chi connectivity index (χ2v) is 3.81. The van der Waals surface area contributed by atoms with Gasteiger partial charge >= 0.3 is 6.18 Å².